The van der Waals surface area contributed by atoms with Crippen LogP contribution in [0, 0.1) is 0 Å². The average molecular weight is 543 g/mol. The fourth-order valence-electron chi connectivity index (χ4n) is 2.53. The number of methoxy groups -OCH3 is 1. The molecule has 31 heavy (non-hydrogen) atoms. The lowest BCUT2D eigenvalue weighted by Crippen LogP contribution is -2.48. The van der Waals surface area contributed by atoms with Gasteiger partial charge >= 0.3 is 0 Å². The average Bonchev–Trinajstić information content (AvgIpc) is 3.10. The van der Waals surface area contributed by atoms with E-state index in [-0.39, 0.29) is 5.11 Å². The van der Waals surface area contributed by atoms with E-state index in [0.717, 1.165) is 10.1 Å². The van der Waals surface area contributed by atoms with Crippen LogP contribution < -0.4 is 20.9 Å². The SMILES string of the molecule is COCCOc1ccc(C(=O)NC(=S)NNC(=O)c2sc3ccccc3c2Cl)cc1Br. The molecular weight excluding hydrogens is 526 g/mol. The first kappa shape index (κ1) is 23.4. The van der Waals surface area contributed by atoms with Crippen molar-refractivity contribution >= 4 is 78.1 Å². The molecule has 0 atom stereocenters. The van der Waals surface area contributed by atoms with Crippen LogP contribution in [0.15, 0.2) is 46.9 Å². The summed E-state index contributed by atoms with van der Waals surface area (Å²) in [5.41, 5.74) is 5.31. The fraction of sp³-hybridized carbons (Fsp3) is 0.150. The van der Waals surface area contributed by atoms with Crippen LogP contribution >= 0.6 is 51.1 Å². The van der Waals surface area contributed by atoms with E-state index in [1.54, 1.807) is 25.3 Å². The Morgan fingerprint density at radius 1 is 1.13 bits per heavy atom. The Morgan fingerprint density at radius 3 is 2.61 bits per heavy atom. The Kier molecular flexibility index (Phi) is 8.22. The predicted molar refractivity (Wildman–Crippen MR) is 129 cm³/mol. The van der Waals surface area contributed by atoms with Gasteiger partial charge in [-0.05, 0) is 52.4 Å². The number of carbonyl (C=O) groups is 2. The summed E-state index contributed by atoms with van der Waals surface area (Å²) in [4.78, 5) is 25.2. The van der Waals surface area contributed by atoms with Crippen LogP contribution in [0.2, 0.25) is 5.02 Å². The van der Waals surface area contributed by atoms with Crippen molar-refractivity contribution < 1.29 is 19.1 Å². The molecule has 0 unspecified atom stereocenters. The number of nitrogens with one attached hydrogen (secondary N) is 3. The Hall–Kier alpha value is -2.24. The van der Waals surface area contributed by atoms with Crippen molar-refractivity contribution in [2.45, 2.75) is 0 Å². The van der Waals surface area contributed by atoms with Crippen LogP contribution in [-0.2, 0) is 4.74 Å². The quantitative estimate of drug-likeness (QED) is 0.245. The van der Waals surface area contributed by atoms with Crippen LogP contribution in [0.4, 0.5) is 0 Å². The molecule has 3 aromatic rings. The van der Waals surface area contributed by atoms with Crippen molar-refractivity contribution in [3.8, 4) is 5.75 Å². The molecule has 1 aromatic heterocycles. The van der Waals surface area contributed by atoms with Gasteiger partial charge in [0.2, 0.25) is 0 Å². The number of thiophene rings is 1. The van der Waals surface area contributed by atoms with Crippen molar-refractivity contribution in [1.82, 2.24) is 16.2 Å². The first-order valence-corrected chi connectivity index (χ1v) is 11.3. The molecule has 0 saturated carbocycles. The Bertz CT molecular complexity index is 1140. The zero-order chi connectivity index (χ0) is 22.4. The second-order valence-electron chi connectivity index (χ2n) is 6.09. The van der Waals surface area contributed by atoms with Gasteiger partial charge in [0.05, 0.1) is 16.1 Å². The Morgan fingerprint density at radius 2 is 1.90 bits per heavy atom. The maximum atomic E-state index is 12.4. The zero-order valence-electron chi connectivity index (χ0n) is 16.2. The van der Waals surface area contributed by atoms with Gasteiger partial charge in [-0.1, -0.05) is 29.8 Å². The Labute approximate surface area is 201 Å². The number of rotatable bonds is 6. The summed E-state index contributed by atoms with van der Waals surface area (Å²) >= 11 is 16.0. The normalized spacial score (nSPS) is 10.5. The predicted octanol–water partition coefficient (Wildman–Crippen LogP) is 4.29. The molecule has 0 saturated heterocycles. The Balaban J connectivity index is 1.55. The molecular formula is C20H17BrClN3O4S2. The zero-order valence-corrected chi connectivity index (χ0v) is 20.1. The van der Waals surface area contributed by atoms with Gasteiger partial charge in [0, 0.05) is 22.8 Å². The molecule has 11 heteroatoms. The second-order valence-corrected chi connectivity index (χ2v) is 8.78. The number of benzene rings is 2. The van der Waals surface area contributed by atoms with Crippen molar-refractivity contribution in [3.63, 3.8) is 0 Å². The molecule has 1 heterocycles. The standard InChI is InChI=1S/C20H17BrClN3O4S2/c1-28-8-9-29-14-7-6-11(10-13(14)21)18(26)23-20(30)25-24-19(27)17-16(22)12-4-2-3-5-15(12)31-17/h2-7,10H,8-9H2,1H3,(H,24,27)(H2,23,25,26,30). The molecule has 162 valence electrons. The topological polar surface area (TPSA) is 88.7 Å². The minimum absolute atomic E-state index is 0.0628. The molecule has 0 spiro atoms. The smallest absolute Gasteiger partial charge is 0.281 e. The number of halogens is 2. The third-order valence-corrected chi connectivity index (χ3v) is 6.49. The summed E-state index contributed by atoms with van der Waals surface area (Å²) in [6.45, 7) is 0.839. The molecule has 3 N–H and O–H groups in total. The van der Waals surface area contributed by atoms with Crippen LogP contribution in [-0.4, -0.2) is 37.3 Å². The fourth-order valence-corrected chi connectivity index (χ4v) is 4.58. The van der Waals surface area contributed by atoms with E-state index in [9.17, 15) is 9.59 Å². The molecule has 0 aliphatic rings. The number of hydrazine groups is 1. The number of fused-ring (bicyclic) bond motifs is 1. The van der Waals surface area contributed by atoms with Gasteiger partial charge in [0.25, 0.3) is 11.8 Å². The number of thiocarbonyl (C=S) groups is 1. The first-order valence-electron chi connectivity index (χ1n) is 8.90. The highest BCUT2D eigenvalue weighted by Gasteiger charge is 2.17. The molecule has 0 radical (unpaired) electrons. The summed E-state index contributed by atoms with van der Waals surface area (Å²) < 4.78 is 12.0. The third kappa shape index (κ3) is 5.92. The van der Waals surface area contributed by atoms with Crippen LogP contribution in [0.5, 0.6) is 5.75 Å². The molecule has 0 aliphatic carbocycles. The van der Waals surface area contributed by atoms with Crippen molar-refractivity contribution in [3.05, 3.63) is 62.4 Å². The van der Waals surface area contributed by atoms with Gasteiger partial charge < -0.3 is 9.47 Å². The monoisotopic (exact) mass is 541 g/mol. The van der Waals surface area contributed by atoms with E-state index in [4.69, 9.17) is 33.3 Å². The maximum Gasteiger partial charge on any atom is 0.281 e. The minimum atomic E-state index is -0.455. The van der Waals surface area contributed by atoms with Gasteiger partial charge in [0.15, 0.2) is 5.11 Å². The molecule has 0 fully saturated rings. The lowest BCUT2D eigenvalue weighted by molar-refractivity contribution is 0.0938. The van der Waals surface area contributed by atoms with Crippen LogP contribution in [0.3, 0.4) is 0 Å². The van der Waals surface area contributed by atoms with Gasteiger partial charge in [0.1, 0.15) is 17.2 Å². The van der Waals surface area contributed by atoms with E-state index in [1.807, 2.05) is 24.3 Å². The lowest BCUT2D eigenvalue weighted by Gasteiger charge is -2.12. The number of hydrogen-bond donors (Lipinski definition) is 3. The summed E-state index contributed by atoms with van der Waals surface area (Å²) in [6.07, 6.45) is 0. The highest BCUT2D eigenvalue weighted by Crippen LogP contribution is 2.34. The van der Waals surface area contributed by atoms with Crippen molar-refractivity contribution in [2.75, 3.05) is 20.3 Å². The molecule has 3 rings (SSSR count). The van der Waals surface area contributed by atoms with Crippen molar-refractivity contribution in [2.24, 2.45) is 0 Å². The summed E-state index contributed by atoms with van der Waals surface area (Å²) in [6, 6.07) is 12.3. The number of carbonyl (C=O) groups excluding carboxylic acids is 2. The van der Waals surface area contributed by atoms with Gasteiger partial charge in [-0.15, -0.1) is 11.3 Å². The summed E-state index contributed by atoms with van der Waals surface area (Å²) in [7, 11) is 1.59. The summed E-state index contributed by atoms with van der Waals surface area (Å²) in [5, 5.41) is 3.61. The minimum Gasteiger partial charge on any atom is -0.490 e. The van der Waals surface area contributed by atoms with E-state index < -0.39 is 11.8 Å². The van der Waals surface area contributed by atoms with Gasteiger partial charge in [-0.2, -0.15) is 0 Å². The highest BCUT2D eigenvalue weighted by molar-refractivity contribution is 9.10. The summed E-state index contributed by atoms with van der Waals surface area (Å²) in [5.74, 6) is -0.319. The van der Waals surface area contributed by atoms with Gasteiger partial charge in [-0.3, -0.25) is 25.8 Å². The number of hydrogen-bond acceptors (Lipinski definition) is 6. The highest BCUT2D eigenvalue weighted by atomic mass is 79.9. The van der Waals surface area contributed by atoms with Crippen molar-refractivity contribution in [1.29, 1.82) is 0 Å². The van der Waals surface area contributed by atoms with E-state index in [0.29, 0.717) is 38.9 Å². The van der Waals surface area contributed by atoms with E-state index in [1.165, 1.54) is 11.3 Å². The third-order valence-electron chi connectivity index (χ3n) is 4.00. The second kappa shape index (κ2) is 10.9. The largest absolute Gasteiger partial charge is 0.490 e. The van der Waals surface area contributed by atoms with Crippen LogP contribution in [0.25, 0.3) is 10.1 Å². The molecule has 7 nitrogen and oxygen atoms in total. The lowest BCUT2D eigenvalue weighted by atomic mass is 10.2. The number of ether oxygens (including phenoxy) is 2. The van der Waals surface area contributed by atoms with E-state index >= 15 is 0 Å². The molecule has 0 bridgehead atoms. The number of amides is 2. The first-order chi connectivity index (χ1) is 14.9. The maximum absolute atomic E-state index is 12.4. The molecule has 0 aliphatic heterocycles. The van der Waals surface area contributed by atoms with E-state index in [2.05, 4.69) is 32.1 Å². The van der Waals surface area contributed by atoms with Crippen LogP contribution in [0.1, 0.15) is 20.0 Å². The molecule has 2 amide bonds. The molecule has 2 aromatic carbocycles. The van der Waals surface area contributed by atoms with Gasteiger partial charge in [-0.25, -0.2) is 0 Å².